The molecule has 2 rings (SSSR count). The van der Waals surface area contributed by atoms with Crippen LogP contribution in [0.2, 0.25) is 0 Å². The van der Waals surface area contributed by atoms with Gasteiger partial charge >= 0.3 is 0 Å². The Morgan fingerprint density at radius 2 is 2.00 bits per heavy atom. The molecule has 100 valence electrons. The van der Waals surface area contributed by atoms with E-state index in [1.807, 2.05) is 0 Å². The van der Waals surface area contributed by atoms with Crippen molar-refractivity contribution >= 4 is 0 Å². The normalized spacial score (nSPS) is 23.8. The topological polar surface area (TPSA) is 26.0 Å². The van der Waals surface area contributed by atoms with Crippen LogP contribution in [0.3, 0.4) is 0 Å². The molecule has 1 nitrogen and oxygen atoms in total. The van der Waals surface area contributed by atoms with Crippen molar-refractivity contribution in [3.8, 4) is 0 Å². The summed E-state index contributed by atoms with van der Waals surface area (Å²) in [5.74, 6) is 1.48. The maximum absolute atomic E-state index is 5.79. The van der Waals surface area contributed by atoms with Gasteiger partial charge in [0.25, 0.3) is 0 Å². The molecule has 1 aliphatic rings. The zero-order valence-corrected chi connectivity index (χ0v) is 12.3. The Morgan fingerprint density at radius 1 is 1.28 bits per heavy atom. The van der Waals surface area contributed by atoms with E-state index in [2.05, 4.69) is 45.9 Å². The first kappa shape index (κ1) is 13.6. The Kier molecular flexibility index (Phi) is 3.82. The highest BCUT2D eigenvalue weighted by molar-refractivity contribution is 5.39. The van der Waals surface area contributed by atoms with Crippen LogP contribution in [0, 0.1) is 5.92 Å². The summed E-state index contributed by atoms with van der Waals surface area (Å²) >= 11 is 0. The molecular weight excluding hydrogens is 218 g/mol. The van der Waals surface area contributed by atoms with Crippen LogP contribution >= 0.6 is 0 Å². The standard InChI is InChI=1S/C17H27N/c1-12-9-13-5-6-15(17(2,3)4)11-16(13)14(10-12)7-8-18/h5-6,11-12,14H,7-10,18H2,1-4H3. The molecule has 0 spiro atoms. The van der Waals surface area contributed by atoms with E-state index >= 15 is 0 Å². The fourth-order valence-electron chi connectivity index (χ4n) is 3.17. The lowest BCUT2D eigenvalue weighted by Gasteiger charge is -2.31. The summed E-state index contributed by atoms with van der Waals surface area (Å²) in [4.78, 5) is 0. The van der Waals surface area contributed by atoms with Gasteiger partial charge in [0, 0.05) is 0 Å². The van der Waals surface area contributed by atoms with E-state index in [1.54, 1.807) is 11.1 Å². The number of rotatable bonds is 2. The Balaban J connectivity index is 2.39. The smallest absolute Gasteiger partial charge is 0.00714 e. The highest BCUT2D eigenvalue weighted by atomic mass is 14.5. The summed E-state index contributed by atoms with van der Waals surface area (Å²) in [5, 5.41) is 0. The van der Waals surface area contributed by atoms with Gasteiger partial charge in [0.1, 0.15) is 0 Å². The van der Waals surface area contributed by atoms with Gasteiger partial charge < -0.3 is 5.73 Å². The lowest BCUT2D eigenvalue weighted by molar-refractivity contribution is 0.417. The summed E-state index contributed by atoms with van der Waals surface area (Å²) in [7, 11) is 0. The molecule has 0 amide bonds. The summed E-state index contributed by atoms with van der Waals surface area (Å²) in [6, 6.07) is 7.12. The maximum Gasteiger partial charge on any atom is -0.00714 e. The van der Waals surface area contributed by atoms with Gasteiger partial charge in [0.05, 0.1) is 0 Å². The molecule has 0 saturated heterocycles. The average molecular weight is 245 g/mol. The van der Waals surface area contributed by atoms with Crippen molar-refractivity contribution < 1.29 is 0 Å². The highest BCUT2D eigenvalue weighted by Crippen LogP contribution is 2.38. The third kappa shape index (κ3) is 2.77. The minimum absolute atomic E-state index is 0.241. The first-order chi connectivity index (χ1) is 8.41. The van der Waals surface area contributed by atoms with Crippen LogP contribution in [-0.2, 0) is 11.8 Å². The van der Waals surface area contributed by atoms with Gasteiger partial charge in [-0.3, -0.25) is 0 Å². The van der Waals surface area contributed by atoms with Crippen LogP contribution in [0.4, 0.5) is 0 Å². The predicted molar refractivity (Wildman–Crippen MR) is 79.0 cm³/mol. The highest BCUT2D eigenvalue weighted by Gasteiger charge is 2.25. The van der Waals surface area contributed by atoms with Crippen LogP contribution in [0.5, 0.6) is 0 Å². The molecule has 0 bridgehead atoms. The van der Waals surface area contributed by atoms with Gasteiger partial charge in [-0.1, -0.05) is 45.9 Å². The minimum Gasteiger partial charge on any atom is -0.330 e. The maximum atomic E-state index is 5.79. The van der Waals surface area contributed by atoms with Crippen molar-refractivity contribution in [1.29, 1.82) is 0 Å². The summed E-state index contributed by atoms with van der Waals surface area (Å²) < 4.78 is 0. The zero-order valence-electron chi connectivity index (χ0n) is 12.3. The average Bonchev–Trinajstić information content (AvgIpc) is 2.27. The quantitative estimate of drug-likeness (QED) is 0.837. The van der Waals surface area contributed by atoms with Crippen LogP contribution < -0.4 is 5.73 Å². The Morgan fingerprint density at radius 3 is 2.61 bits per heavy atom. The molecule has 1 heteroatoms. The Hall–Kier alpha value is -0.820. The number of fused-ring (bicyclic) bond motifs is 1. The molecule has 2 unspecified atom stereocenters. The van der Waals surface area contributed by atoms with Crippen molar-refractivity contribution in [2.24, 2.45) is 11.7 Å². The summed E-state index contributed by atoms with van der Waals surface area (Å²) in [6.45, 7) is 10.0. The Bertz CT molecular complexity index is 414. The lowest BCUT2D eigenvalue weighted by Crippen LogP contribution is -2.21. The monoisotopic (exact) mass is 245 g/mol. The molecule has 0 heterocycles. The van der Waals surface area contributed by atoms with Crippen LogP contribution in [0.15, 0.2) is 18.2 Å². The molecule has 18 heavy (non-hydrogen) atoms. The van der Waals surface area contributed by atoms with E-state index in [0.29, 0.717) is 5.92 Å². The van der Waals surface area contributed by atoms with E-state index in [-0.39, 0.29) is 5.41 Å². The van der Waals surface area contributed by atoms with Gasteiger partial charge in [-0.05, 0) is 59.7 Å². The molecule has 1 aromatic carbocycles. The largest absolute Gasteiger partial charge is 0.330 e. The van der Waals surface area contributed by atoms with Crippen LogP contribution in [-0.4, -0.2) is 6.54 Å². The van der Waals surface area contributed by atoms with E-state index in [0.717, 1.165) is 18.9 Å². The SMILES string of the molecule is CC1Cc2ccc(C(C)(C)C)cc2C(CCN)C1. The third-order valence-corrected chi connectivity index (χ3v) is 4.22. The first-order valence-corrected chi connectivity index (χ1v) is 7.25. The molecule has 2 N–H and O–H groups in total. The molecule has 0 fully saturated rings. The van der Waals surface area contributed by atoms with Gasteiger partial charge in [0.2, 0.25) is 0 Å². The molecule has 1 aliphatic carbocycles. The fourth-order valence-corrected chi connectivity index (χ4v) is 3.17. The van der Waals surface area contributed by atoms with Gasteiger partial charge in [-0.15, -0.1) is 0 Å². The second-order valence-electron chi connectivity index (χ2n) is 6.98. The third-order valence-electron chi connectivity index (χ3n) is 4.22. The van der Waals surface area contributed by atoms with E-state index < -0.39 is 0 Å². The second kappa shape index (κ2) is 5.05. The van der Waals surface area contributed by atoms with E-state index in [1.165, 1.54) is 18.4 Å². The minimum atomic E-state index is 0.241. The molecular formula is C17H27N. The number of hydrogen-bond acceptors (Lipinski definition) is 1. The van der Waals surface area contributed by atoms with Crippen molar-refractivity contribution in [1.82, 2.24) is 0 Å². The molecule has 0 aliphatic heterocycles. The van der Waals surface area contributed by atoms with Gasteiger partial charge in [-0.2, -0.15) is 0 Å². The van der Waals surface area contributed by atoms with Gasteiger partial charge in [0.15, 0.2) is 0 Å². The van der Waals surface area contributed by atoms with E-state index in [4.69, 9.17) is 5.73 Å². The second-order valence-corrected chi connectivity index (χ2v) is 6.98. The molecule has 2 atom stereocenters. The van der Waals surface area contributed by atoms with Crippen molar-refractivity contribution in [2.45, 2.75) is 58.3 Å². The first-order valence-electron chi connectivity index (χ1n) is 7.25. The fraction of sp³-hybridized carbons (Fsp3) is 0.647. The summed E-state index contributed by atoms with van der Waals surface area (Å²) in [6.07, 6.45) is 3.67. The van der Waals surface area contributed by atoms with Crippen molar-refractivity contribution in [3.05, 3.63) is 34.9 Å². The number of hydrogen-bond donors (Lipinski definition) is 1. The number of nitrogens with two attached hydrogens (primary N) is 1. The number of benzene rings is 1. The van der Waals surface area contributed by atoms with Crippen LogP contribution in [0.25, 0.3) is 0 Å². The molecule has 0 aromatic heterocycles. The molecule has 0 saturated carbocycles. The molecule has 0 radical (unpaired) electrons. The predicted octanol–water partition coefficient (Wildman–Crippen LogP) is 4.00. The van der Waals surface area contributed by atoms with Crippen molar-refractivity contribution in [2.75, 3.05) is 6.54 Å². The molecule has 1 aromatic rings. The van der Waals surface area contributed by atoms with Gasteiger partial charge in [-0.25, -0.2) is 0 Å². The van der Waals surface area contributed by atoms with E-state index in [9.17, 15) is 0 Å². The van der Waals surface area contributed by atoms with Crippen LogP contribution in [0.1, 0.15) is 63.1 Å². The lowest BCUT2D eigenvalue weighted by atomic mass is 9.74. The summed E-state index contributed by atoms with van der Waals surface area (Å²) in [5.41, 5.74) is 10.6. The zero-order chi connectivity index (χ0) is 13.3. The Labute approximate surface area is 112 Å². The van der Waals surface area contributed by atoms with Crippen molar-refractivity contribution in [3.63, 3.8) is 0 Å².